The fourth-order valence-electron chi connectivity index (χ4n) is 10.9. The van der Waals surface area contributed by atoms with Crippen LogP contribution in [0.3, 0.4) is 0 Å². The largest absolute Gasteiger partial charge is 0.508 e. The van der Waals surface area contributed by atoms with Crippen molar-refractivity contribution in [3.63, 3.8) is 0 Å². The van der Waals surface area contributed by atoms with Gasteiger partial charge in [0.25, 0.3) is 5.88 Å². The summed E-state index contributed by atoms with van der Waals surface area (Å²) >= 11 is 8.42. The van der Waals surface area contributed by atoms with E-state index in [-0.39, 0.29) is 115 Å². The maximum absolute atomic E-state index is 17.0. The number of aryl methyl sites for hydroxylation is 1. The number of methoxy groups -OCH3 is 1. The van der Waals surface area contributed by atoms with Crippen molar-refractivity contribution in [2.75, 3.05) is 116 Å². The number of piperazine rings is 1. The molecule has 0 saturated carbocycles. The molecule has 4 N–H and O–H groups in total. The molecule has 464 valence electrons. The summed E-state index contributed by atoms with van der Waals surface area (Å²) in [5, 5.41) is 33.5. The maximum atomic E-state index is 17.0. The summed E-state index contributed by atoms with van der Waals surface area (Å²) in [7, 11) is 3.26. The number of halogens is 2. The van der Waals surface area contributed by atoms with Crippen molar-refractivity contribution in [3.8, 4) is 38.9 Å². The highest BCUT2D eigenvalue weighted by molar-refractivity contribution is 7.13. The van der Waals surface area contributed by atoms with Gasteiger partial charge in [0.1, 0.15) is 41.4 Å². The van der Waals surface area contributed by atoms with E-state index in [1.807, 2.05) is 75.1 Å². The van der Waals surface area contributed by atoms with Crippen molar-refractivity contribution in [1.82, 2.24) is 40.1 Å². The van der Waals surface area contributed by atoms with Crippen LogP contribution >= 0.6 is 22.9 Å². The number of benzene rings is 4. The van der Waals surface area contributed by atoms with Crippen LogP contribution in [0.4, 0.5) is 16.2 Å². The summed E-state index contributed by atoms with van der Waals surface area (Å²) in [5.41, 5.74) is 4.92. The molecular weight excluding hydrogens is 1160 g/mol. The number of ether oxygens (including phenoxy) is 5. The maximum Gasteiger partial charge on any atom is 0.254 e. The van der Waals surface area contributed by atoms with E-state index in [0.29, 0.717) is 85.8 Å². The molecule has 7 aromatic rings. The standard InChI is InChI=1S/C62H74ClFN10O12S/c1-36(2)54(61(80)74-34-43(77)31-49(74)60(79)67-37(3)44-13-12-41(29-50(44)81-7)58-38(4)66-35-87-58)51-33-52(70-86-51)85-27-26-84-25-24-83-23-22-82-21-20-71(6)53(78)14-15-65-62-68-57-47(59(69-62)73-18-16-72(17-19-73)39(5)75)32-48(63)55(56(57)64)46-30-42(76)28-40-10-8-9-11-45(40)46/h8-13,28-30,32-33,35-37,43,49,54,76-77H,14-27,31,34H2,1-7H3,(H,67,79)(H,65,68,69)/t37-,43+,49-,54+/m0/s1. The van der Waals surface area contributed by atoms with Crippen molar-refractivity contribution < 1.29 is 62.0 Å². The van der Waals surface area contributed by atoms with Crippen molar-refractivity contribution in [3.05, 3.63) is 100 Å². The van der Waals surface area contributed by atoms with Gasteiger partial charge in [-0.1, -0.05) is 61.8 Å². The third-order valence-corrected chi connectivity index (χ3v) is 16.8. The highest BCUT2D eigenvalue weighted by Crippen LogP contribution is 2.43. The average Bonchev–Trinajstić information content (AvgIpc) is 1.46. The molecule has 2 fully saturated rings. The van der Waals surface area contributed by atoms with Crippen LogP contribution in [0.25, 0.3) is 43.2 Å². The van der Waals surface area contributed by atoms with Gasteiger partial charge in [0.15, 0.2) is 11.6 Å². The number of anilines is 2. The van der Waals surface area contributed by atoms with Crippen molar-refractivity contribution in [1.29, 1.82) is 0 Å². The molecule has 9 rings (SSSR count). The molecular formula is C62H74ClFN10O12S. The smallest absolute Gasteiger partial charge is 0.254 e. The summed E-state index contributed by atoms with van der Waals surface area (Å²) in [5.74, 6) is -1.17. The molecule has 4 atom stereocenters. The number of carbonyl (C=O) groups is 4. The molecule has 0 aliphatic carbocycles. The number of phenolic OH excluding ortho intramolecular Hbond substituents is 1. The first-order valence-corrected chi connectivity index (χ1v) is 30.3. The number of aliphatic hydroxyl groups excluding tert-OH is 1. The number of hydrogen-bond acceptors (Lipinski definition) is 19. The quantitative estimate of drug-likeness (QED) is 0.0356. The van der Waals surface area contributed by atoms with Crippen LogP contribution in [0, 0.1) is 18.7 Å². The summed E-state index contributed by atoms with van der Waals surface area (Å²) in [4.78, 5) is 74.9. The van der Waals surface area contributed by atoms with Gasteiger partial charge in [-0.25, -0.2) is 14.4 Å². The van der Waals surface area contributed by atoms with E-state index in [4.69, 9.17) is 44.8 Å². The number of aromatic hydroxyl groups is 1. The summed E-state index contributed by atoms with van der Waals surface area (Å²) < 4.78 is 51.1. The molecule has 4 aromatic carbocycles. The number of nitrogens with one attached hydrogen (secondary N) is 2. The molecule has 3 aromatic heterocycles. The van der Waals surface area contributed by atoms with Gasteiger partial charge in [-0.15, -0.1) is 11.3 Å². The Morgan fingerprint density at radius 2 is 1.64 bits per heavy atom. The number of hydrogen-bond donors (Lipinski definition) is 4. The first-order chi connectivity index (χ1) is 41.9. The Morgan fingerprint density at radius 3 is 2.34 bits per heavy atom. The van der Waals surface area contributed by atoms with E-state index < -0.39 is 35.8 Å². The Balaban J connectivity index is 0.675. The highest BCUT2D eigenvalue weighted by atomic mass is 35.5. The minimum absolute atomic E-state index is 0.00839. The van der Waals surface area contributed by atoms with Gasteiger partial charge in [-0.3, -0.25) is 19.2 Å². The van der Waals surface area contributed by atoms with Gasteiger partial charge in [0, 0.05) is 95.2 Å². The van der Waals surface area contributed by atoms with Crippen LogP contribution in [0.15, 0.2) is 76.8 Å². The molecule has 0 spiro atoms. The van der Waals surface area contributed by atoms with Crippen LogP contribution in [0.1, 0.15) is 69.5 Å². The Bertz CT molecular complexity index is 3560. The topological polar surface area (TPSA) is 257 Å². The number of phenols is 1. The van der Waals surface area contributed by atoms with E-state index >= 15 is 4.39 Å². The lowest BCUT2D eigenvalue weighted by atomic mass is 9.91. The van der Waals surface area contributed by atoms with Gasteiger partial charge in [-0.05, 0) is 71.1 Å². The SMILES string of the molecule is COc1cc(-c2scnc2C)ccc1[C@H](C)NC(=O)[C@@H]1C[C@@H](O)CN1C(=O)[C@@H](c1cc(OCCOCCOCCOCCN(C)C(=O)CCNc2nc(N3CCN(C(C)=O)CC3)c3cc(Cl)c(-c4cc(O)cc5ccccc45)c(F)c3n2)no1)C(C)C. The molecule has 0 radical (unpaired) electrons. The lowest BCUT2D eigenvalue weighted by Gasteiger charge is -2.35. The zero-order valence-electron chi connectivity index (χ0n) is 49.8. The molecule has 25 heteroatoms. The molecule has 0 bridgehead atoms. The number of nitrogens with zero attached hydrogens (tertiary/aromatic N) is 8. The number of likely N-dealkylation sites (tertiary alicyclic amines) is 1. The molecule has 5 heterocycles. The number of β-amino-alcohol motifs (C(OH)–C–C–N with tert-alkyl or cyclic N) is 1. The minimum Gasteiger partial charge on any atom is -0.508 e. The van der Waals surface area contributed by atoms with Crippen LogP contribution in [-0.2, 0) is 33.4 Å². The molecule has 0 unspecified atom stereocenters. The monoisotopic (exact) mass is 1240 g/mol. The van der Waals surface area contributed by atoms with Crippen molar-refractivity contribution >= 4 is 80.0 Å². The lowest BCUT2D eigenvalue weighted by Crippen LogP contribution is -2.48. The fourth-order valence-corrected chi connectivity index (χ4v) is 12.0. The normalized spacial score (nSPS) is 16.0. The Labute approximate surface area is 512 Å². The fraction of sp³-hybridized carbons (Fsp3) is 0.452. The zero-order valence-corrected chi connectivity index (χ0v) is 51.4. The van der Waals surface area contributed by atoms with Gasteiger partial charge in [0.2, 0.25) is 29.6 Å². The molecule has 2 aliphatic heterocycles. The number of amides is 4. The van der Waals surface area contributed by atoms with E-state index in [1.165, 1.54) is 29.2 Å². The number of likely N-dealkylation sites (N-methyl/N-ethyl adjacent to an activating group) is 1. The number of rotatable bonds is 27. The van der Waals surface area contributed by atoms with Crippen molar-refractivity contribution in [2.45, 2.75) is 71.6 Å². The third-order valence-electron chi connectivity index (χ3n) is 15.5. The number of fused-ring (bicyclic) bond motifs is 2. The first-order valence-electron chi connectivity index (χ1n) is 29.0. The number of carbonyl (C=O) groups excluding carboxylic acids is 4. The number of aromatic nitrogens is 4. The number of thiazole rings is 1. The third kappa shape index (κ3) is 15.3. The Morgan fingerprint density at radius 1 is 0.920 bits per heavy atom. The van der Waals surface area contributed by atoms with E-state index in [1.54, 1.807) is 47.7 Å². The molecule has 2 aliphatic rings. The summed E-state index contributed by atoms with van der Waals surface area (Å²) in [6, 6.07) is 18.0. The minimum atomic E-state index is -0.915. The van der Waals surface area contributed by atoms with Crippen LogP contribution in [0.2, 0.25) is 5.02 Å². The average molecular weight is 1240 g/mol. The van der Waals surface area contributed by atoms with E-state index in [0.717, 1.165) is 21.7 Å². The second kappa shape index (κ2) is 29.3. The lowest BCUT2D eigenvalue weighted by molar-refractivity contribution is -0.141. The number of aliphatic hydroxyl groups is 1. The Kier molecular flexibility index (Phi) is 21.5. The molecule has 87 heavy (non-hydrogen) atoms. The predicted molar refractivity (Wildman–Crippen MR) is 328 cm³/mol. The second-order valence-corrected chi connectivity index (χ2v) is 23.1. The van der Waals surface area contributed by atoms with Gasteiger partial charge in [-0.2, -0.15) is 4.98 Å². The van der Waals surface area contributed by atoms with Gasteiger partial charge < -0.3 is 68.7 Å². The van der Waals surface area contributed by atoms with Gasteiger partial charge in [0.05, 0.1) is 80.0 Å². The zero-order chi connectivity index (χ0) is 61.9. The summed E-state index contributed by atoms with van der Waals surface area (Å²) in [6.07, 6.45) is -0.727. The second-order valence-electron chi connectivity index (χ2n) is 21.8. The van der Waals surface area contributed by atoms with Crippen LogP contribution in [-0.4, -0.2) is 187 Å². The van der Waals surface area contributed by atoms with Crippen LogP contribution < -0.4 is 25.0 Å². The predicted octanol–water partition coefficient (Wildman–Crippen LogP) is 8.01. The summed E-state index contributed by atoms with van der Waals surface area (Å²) in [6.45, 7) is 13.1. The van der Waals surface area contributed by atoms with Crippen molar-refractivity contribution in [2.24, 2.45) is 5.92 Å². The first kappa shape index (κ1) is 63.8. The Hall–Kier alpha value is -7.74. The highest BCUT2D eigenvalue weighted by Gasteiger charge is 2.44. The van der Waals surface area contributed by atoms with E-state index in [2.05, 4.69) is 25.8 Å². The van der Waals surface area contributed by atoms with E-state index in [9.17, 15) is 29.4 Å². The van der Waals surface area contributed by atoms with Gasteiger partial charge >= 0.3 is 0 Å². The molecule has 22 nitrogen and oxygen atoms in total. The molecule has 2 saturated heterocycles. The molecule has 4 amide bonds. The van der Waals surface area contributed by atoms with Crippen LogP contribution in [0.5, 0.6) is 17.4 Å².